The Bertz CT molecular complexity index is 1040. The second-order valence-electron chi connectivity index (χ2n) is 9.22. The number of amides is 3. The number of benzene rings is 2. The first-order chi connectivity index (χ1) is 15.8. The molecule has 0 N–H and O–H groups in total. The standard InChI is InChI=1S/C26H31N3O4/c1-27(2)25(32)26(16-19-8-7-11-21(14-19)20-9-5-4-6-10-20)18-29(12-13-33-26)24(31)22-15-23(30)28(3)17-22/h4-11,14,22H,12-13,15-18H2,1-3H3/t22-,26+/m1/s1. The third kappa shape index (κ3) is 4.78. The van der Waals surface area contributed by atoms with E-state index < -0.39 is 5.60 Å². The molecule has 2 heterocycles. The molecule has 3 amide bonds. The van der Waals surface area contributed by atoms with Crippen LogP contribution in [-0.2, 0) is 25.5 Å². The van der Waals surface area contributed by atoms with Crippen molar-refractivity contribution < 1.29 is 19.1 Å². The van der Waals surface area contributed by atoms with Crippen molar-refractivity contribution in [2.24, 2.45) is 5.92 Å². The van der Waals surface area contributed by atoms with Gasteiger partial charge in [-0.05, 0) is 16.7 Å². The lowest BCUT2D eigenvalue weighted by Gasteiger charge is -2.43. The van der Waals surface area contributed by atoms with E-state index in [1.165, 1.54) is 4.90 Å². The van der Waals surface area contributed by atoms with Crippen LogP contribution in [0.1, 0.15) is 12.0 Å². The van der Waals surface area contributed by atoms with Crippen LogP contribution < -0.4 is 0 Å². The number of likely N-dealkylation sites (N-methyl/N-ethyl adjacent to an activating group) is 1. The molecule has 0 spiro atoms. The number of rotatable bonds is 5. The summed E-state index contributed by atoms with van der Waals surface area (Å²) in [4.78, 5) is 43.4. The summed E-state index contributed by atoms with van der Waals surface area (Å²) in [6.45, 7) is 1.29. The van der Waals surface area contributed by atoms with Gasteiger partial charge < -0.3 is 19.4 Å². The molecule has 2 fully saturated rings. The van der Waals surface area contributed by atoms with Gasteiger partial charge >= 0.3 is 0 Å². The van der Waals surface area contributed by atoms with Gasteiger partial charge in [0.15, 0.2) is 5.60 Å². The zero-order chi connectivity index (χ0) is 23.6. The van der Waals surface area contributed by atoms with Crippen LogP contribution in [0.4, 0.5) is 0 Å². The summed E-state index contributed by atoms with van der Waals surface area (Å²) < 4.78 is 6.16. The van der Waals surface area contributed by atoms with Crippen LogP contribution in [0.15, 0.2) is 54.6 Å². The largest absolute Gasteiger partial charge is 0.361 e. The average molecular weight is 450 g/mol. The van der Waals surface area contributed by atoms with Crippen molar-refractivity contribution in [1.82, 2.24) is 14.7 Å². The number of morpholine rings is 1. The van der Waals surface area contributed by atoms with E-state index in [-0.39, 0.29) is 43.2 Å². The first-order valence-electron chi connectivity index (χ1n) is 11.3. The third-order valence-electron chi connectivity index (χ3n) is 6.51. The molecular weight excluding hydrogens is 418 g/mol. The first-order valence-corrected chi connectivity index (χ1v) is 11.3. The highest BCUT2D eigenvalue weighted by Gasteiger charge is 2.47. The molecule has 7 heteroatoms. The van der Waals surface area contributed by atoms with E-state index >= 15 is 0 Å². The second kappa shape index (κ2) is 9.35. The Morgan fingerprint density at radius 3 is 2.48 bits per heavy atom. The van der Waals surface area contributed by atoms with Crippen LogP contribution in [-0.4, -0.2) is 85.4 Å². The highest BCUT2D eigenvalue weighted by atomic mass is 16.5. The minimum Gasteiger partial charge on any atom is -0.361 e. The summed E-state index contributed by atoms with van der Waals surface area (Å²) in [5.41, 5.74) is 1.97. The molecule has 33 heavy (non-hydrogen) atoms. The van der Waals surface area contributed by atoms with Crippen LogP contribution in [0.5, 0.6) is 0 Å². The van der Waals surface area contributed by atoms with E-state index in [0.29, 0.717) is 19.5 Å². The predicted molar refractivity (Wildman–Crippen MR) is 125 cm³/mol. The zero-order valence-electron chi connectivity index (χ0n) is 19.5. The summed E-state index contributed by atoms with van der Waals surface area (Å²) in [5, 5.41) is 0. The van der Waals surface area contributed by atoms with Gasteiger partial charge in [-0.2, -0.15) is 0 Å². The molecule has 0 aliphatic carbocycles. The quantitative estimate of drug-likeness (QED) is 0.701. The van der Waals surface area contributed by atoms with Crippen molar-refractivity contribution in [3.63, 3.8) is 0 Å². The first kappa shape index (κ1) is 23.0. The van der Waals surface area contributed by atoms with E-state index in [2.05, 4.69) is 18.2 Å². The SMILES string of the molecule is CN(C)C(=O)[C@]1(Cc2cccc(-c3ccccc3)c2)CN(C(=O)[C@@H]2CC(=O)N(C)C2)CCO1. The van der Waals surface area contributed by atoms with Crippen LogP contribution in [0.2, 0.25) is 0 Å². The molecular formula is C26H31N3O4. The molecule has 0 unspecified atom stereocenters. The molecule has 2 aromatic carbocycles. The Morgan fingerprint density at radius 2 is 1.82 bits per heavy atom. The van der Waals surface area contributed by atoms with Gasteiger partial charge in [-0.25, -0.2) is 0 Å². The van der Waals surface area contributed by atoms with Gasteiger partial charge in [0, 0.05) is 47.1 Å². The number of carbonyl (C=O) groups excluding carboxylic acids is 3. The minimum atomic E-state index is -1.17. The lowest BCUT2D eigenvalue weighted by molar-refractivity contribution is -0.173. The second-order valence-corrected chi connectivity index (χ2v) is 9.22. The summed E-state index contributed by atoms with van der Waals surface area (Å²) in [7, 11) is 5.13. The minimum absolute atomic E-state index is 0.0185. The summed E-state index contributed by atoms with van der Waals surface area (Å²) in [6.07, 6.45) is 0.582. The van der Waals surface area contributed by atoms with Gasteiger partial charge in [0.25, 0.3) is 5.91 Å². The topological polar surface area (TPSA) is 70.2 Å². The summed E-state index contributed by atoms with van der Waals surface area (Å²) >= 11 is 0. The Morgan fingerprint density at radius 1 is 1.09 bits per heavy atom. The van der Waals surface area contributed by atoms with Gasteiger partial charge in [0.05, 0.1) is 19.1 Å². The fourth-order valence-corrected chi connectivity index (χ4v) is 4.80. The molecule has 174 valence electrons. The predicted octanol–water partition coefficient (Wildman–Crippen LogP) is 2.06. The van der Waals surface area contributed by atoms with Crippen LogP contribution in [0, 0.1) is 5.92 Å². The van der Waals surface area contributed by atoms with Gasteiger partial charge in [-0.15, -0.1) is 0 Å². The molecule has 7 nitrogen and oxygen atoms in total. The molecule has 2 saturated heterocycles. The molecule has 2 aromatic rings. The molecule has 0 bridgehead atoms. The monoisotopic (exact) mass is 449 g/mol. The Hall–Kier alpha value is -3.19. The number of likely N-dealkylation sites (tertiary alicyclic amines) is 1. The van der Waals surface area contributed by atoms with Crippen molar-refractivity contribution in [3.8, 4) is 11.1 Å². The smallest absolute Gasteiger partial charge is 0.256 e. The molecule has 0 saturated carbocycles. The van der Waals surface area contributed by atoms with Crippen molar-refractivity contribution >= 4 is 17.7 Å². The number of carbonyl (C=O) groups is 3. The molecule has 0 radical (unpaired) electrons. The molecule has 4 rings (SSSR count). The van der Waals surface area contributed by atoms with Crippen molar-refractivity contribution in [2.75, 3.05) is 47.4 Å². The lowest BCUT2D eigenvalue weighted by atomic mass is 9.89. The van der Waals surface area contributed by atoms with Gasteiger partial charge in [-0.3, -0.25) is 14.4 Å². The van der Waals surface area contributed by atoms with Crippen molar-refractivity contribution in [2.45, 2.75) is 18.4 Å². The number of hydrogen-bond donors (Lipinski definition) is 0. The maximum absolute atomic E-state index is 13.4. The van der Waals surface area contributed by atoms with Crippen LogP contribution in [0.3, 0.4) is 0 Å². The van der Waals surface area contributed by atoms with Crippen molar-refractivity contribution in [1.29, 1.82) is 0 Å². The van der Waals surface area contributed by atoms with E-state index in [1.54, 1.807) is 30.9 Å². The lowest BCUT2D eigenvalue weighted by Crippen LogP contribution is -2.62. The molecule has 0 aromatic heterocycles. The number of nitrogens with zero attached hydrogens (tertiary/aromatic N) is 3. The van der Waals surface area contributed by atoms with Gasteiger partial charge in [0.2, 0.25) is 11.8 Å². The fraction of sp³-hybridized carbons (Fsp3) is 0.423. The van der Waals surface area contributed by atoms with Crippen molar-refractivity contribution in [3.05, 3.63) is 60.2 Å². The van der Waals surface area contributed by atoms with E-state index in [0.717, 1.165) is 16.7 Å². The average Bonchev–Trinajstić information content (AvgIpc) is 3.17. The van der Waals surface area contributed by atoms with Crippen LogP contribution in [0.25, 0.3) is 11.1 Å². The van der Waals surface area contributed by atoms with E-state index in [1.807, 2.05) is 36.4 Å². The van der Waals surface area contributed by atoms with Crippen LogP contribution >= 0.6 is 0 Å². The highest BCUT2D eigenvalue weighted by Crippen LogP contribution is 2.29. The molecule has 2 atom stereocenters. The summed E-state index contributed by atoms with van der Waals surface area (Å²) in [5.74, 6) is -0.626. The Kier molecular flexibility index (Phi) is 6.51. The Labute approximate surface area is 194 Å². The highest BCUT2D eigenvalue weighted by molar-refractivity contribution is 5.91. The Balaban J connectivity index is 1.60. The van der Waals surface area contributed by atoms with E-state index in [4.69, 9.17) is 4.74 Å². The number of hydrogen-bond acceptors (Lipinski definition) is 4. The van der Waals surface area contributed by atoms with E-state index in [9.17, 15) is 14.4 Å². The normalized spacial score (nSPS) is 23.0. The molecule has 2 aliphatic rings. The summed E-state index contributed by atoms with van der Waals surface area (Å²) in [6, 6.07) is 18.2. The maximum atomic E-state index is 13.4. The third-order valence-corrected chi connectivity index (χ3v) is 6.51. The molecule has 2 aliphatic heterocycles. The zero-order valence-corrected chi connectivity index (χ0v) is 19.5. The van der Waals surface area contributed by atoms with Gasteiger partial charge in [-0.1, -0.05) is 54.6 Å². The van der Waals surface area contributed by atoms with Gasteiger partial charge in [0.1, 0.15) is 0 Å². The maximum Gasteiger partial charge on any atom is 0.256 e. The number of ether oxygens (including phenoxy) is 1. The fourth-order valence-electron chi connectivity index (χ4n) is 4.80.